The topological polar surface area (TPSA) is 58.6 Å². The lowest BCUT2D eigenvalue weighted by Crippen LogP contribution is -2.49. The lowest BCUT2D eigenvalue weighted by Gasteiger charge is -2.29. The highest BCUT2D eigenvalue weighted by Crippen LogP contribution is 2.26. The molecule has 2 aromatic rings. The number of halogens is 2. The molecule has 0 saturated heterocycles. The molecule has 2 rings (SSSR count). The molecular formula is C24H30BrClN2O3. The summed E-state index contributed by atoms with van der Waals surface area (Å²) in [5.41, 5.74) is 2.94. The Labute approximate surface area is 198 Å². The predicted octanol–water partition coefficient (Wildman–Crippen LogP) is 5.29. The maximum atomic E-state index is 13.1. The second kappa shape index (κ2) is 11.5. The summed E-state index contributed by atoms with van der Waals surface area (Å²) in [6.45, 7) is 10.4. The highest BCUT2D eigenvalue weighted by molar-refractivity contribution is 9.10. The number of aryl methyl sites for hydroxylation is 2. The number of benzene rings is 2. The van der Waals surface area contributed by atoms with Gasteiger partial charge in [0, 0.05) is 22.6 Å². The van der Waals surface area contributed by atoms with E-state index in [1.165, 1.54) is 4.90 Å². The molecule has 31 heavy (non-hydrogen) atoms. The first kappa shape index (κ1) is 25.2. The Morgan fingerprint density at radius 3 is 2.23 bits per heavy atom. The molecule has 0 radical (unpaired) electrons. The first-order valence-corrected chi connectivity index (χ1v) is 11.5. The van der Waals surface area contributed by atoms with Gasteiger partial charge in [0.25, 0.3) is 5.91 Å². The summed E-state index contributed by atoms with van der Waals surface area (Å²) in [4.78, 5) is 27.3. The van der Waals surface area contributed by atoms with Crippen LogP contribution in [0.25, 0.3) is 0 Å². The third-order valence-electron chi connectivity index (χ3n) is 4.89. The summed E-state index contributed by atoms with van der Waals surface area (Å²) in [7, 11) is 0. The number of hydrogen-bond acceptors (Lipinski definition) is 3. The fourth-order valence-electron chi connectivity index (χ4n) is 3.04. The first-order valence-electron chi connectivity index (χ1n) is 10.3. The fraction of sp³-hybridized carbons (Fsp3) is 0.417. The van der Waals surface area contributed by atoms with Crippen LogP contribution in [0.3, 0.4) is 0 Å². The highest BCUT2D eigenvalue weighted by Gasteiger charge is 2.26. The van der Waals surface area contributed by atoms with Crippen LogP contribution in [0.1, 0.15) is 37.5 Å². The minimum absolute atomic E-state index is 0.157. The van der Waals surface area contributed by atoms with Gasteiger partial charge < -0.3 is 15.0 Å². The van der Waals surface area contributed by atoms with E-state index in [2.05, 4.69) is 21.2 Å². The molecule has 0 spiro atoms. The number of carbonyl (C=O) groups excluding carboxylic acids is 2. The van der Waals surface area contributed by atoms with E-state index < -0.39 is 6.04 Å². The number of rotatable bonds is 9. The molecule has 168 valence electrons. The molecule has 2 aromatic carbocycles. The van der Waals surface area contributed by atoms with Crippen molar-refractivity contribution in [2.24, 2.45) is 5.92 Å². The largest absolute Gasteiger partial charge is 0.484 e. The van der Waals surface area contributed by atoms with Crippen molar-refractivity contribution >= 4 is 39.3 Å². The summed E-state index contributed by atoms with van der Waals surface area (Å²) in [5, 5.41) is 3.53. The zero-order chi connectivity index (χ0) is 23.1. The van der Waals surface area contributed by atoms with Crippen LogP contribution in [0.4, 0.5) is 0 Å². The van der Waals surface area contributed by atoms with Crippen molar-refractivity contribution in [1.82, 2.24) is 10.2 Å². The molecule has 0 saturated carbocycles. The van der Waals surface area contributed by atoms with Crippen LogP contribution in [-0.4, -0.2) is 35.9 Å². The zero-order valence-corrected chi connectivity index (χ0v) is 21.0. The third kappa shape index (κ3) is 7.54. The summed E-state index contributed by atoms with van der Waals surface area (Å²) < 4.78 is 6.80. The minimum Gasteiger partial charge on any atom is -0.484 e. The standard InChI is InChI=1S/C24H30BrClN2O3/c1-15(2)12-27-24(30)18(5)28(13-19-6-8-20(26)9-7-19)22(29)14-31-21-10-16(3)23(25)17(4)11-21/h6-11,15,18H,12-14H2,1-5H3,(H,27,30). The van der Waals surface area contributed by atoms with Crippen molar-refractivity contribution in [3.8, 4) is 5.75 Å². The van der Waals surface area contributed by atoms with Crippen molar-refractivity contribution in [3.63, 3.8) is 0 Å². The Bertz CT molecular complexity index is 893. The second-order valence-electron chi connectivity index (χ2n) is 8.12. The molecule has 0 aliphatic heterocycles. The number of carbonyl (C=O) groups is 2. The Morgan fingerprint density at radius 2 is 1.68 bits per heavy atom. The van der Waals surface area contributed by atoms with Crippen LogP contribution in [0.2, 0.25) is 5.02 Å². The Kier molecular flexibility index (Phi) is 9.38. The summed E-state index contributed by atoms with van der Waals surface area (Å²) in [5.74, 6) is 0.491. The number of nitrogens with zero attached hydrogens (tertiary/aromatic N) is 1. The van der Waals surface area contributed by atoms with Crippen LogP contribution in [0.5, 0.6) is 5.75 Å². The van der Waals surface area contributed by atoms with E-state index in [1.54, 1.807) is 19.1 Å². The highest BCUT2D eigenvalue weighted by atomic mass is 79.9. The molecule has 2 amide bonds. The molecule has 0 heterocycles. The molecule has 0 bridgehead atoms. The van der Waals surface area contributed by atoms with E-state index in [9.17, 15) is 9.59 Å². The predicted molar refractivity (Wildman–Crippen MR) is 128 cm³/mol. The SMILES string of the molecule is Cc1cc(OCC(=O)N(Cc2ccc(Cl)cc2)C(C)C(=O)NCC(C)C)cc(C)c1Br. The minimum atomic E-state index is -0.640. The van der Waals surface area contributed by atoms with Crippen molar-refractivity contribution in [3.05, 3.63) is 62.6 Å². The van der Waals surface area contributed by atoms with Gasteiger partial charge in [-0.15, -0.1) is 0 Å². The average molecular weight is 510 g/mol. The fourth-order valence-corrected chi connectivity index (χ4v) is 3.39. The maximum Gasteiger partial charge on any atom is 0.261 e. The van der Waals surface area contributed by atoms with Gasteiger partial charge in [-0.1, -0.05) is 53.5 Å². The van der Waals surface area contributed by atoms with Crippen LogP contribution in [-0.2, 0) is 16.1 Å². The van der Waals surface area contributed by atoms with Crippen molar-refractivity contribution < 1.29 is 14.3 Å². The Balaban J connectivity index is 2.16. The van der Waals surface area contributed by atoms with Crippen LogP contribution >= 0.6 is 27.5 Å². The summed E-state index contributed by atoms with van der Waals surface area (Å²) in [6.07, 6.45) is 0. The average Bonchev–Trinajstić information content (AvgIpc) is 2.73. The van der Waals surface area contributed by atoms with E-state index >= 15 is 0 Å². The third-order valence-corrected chi connectivity index (χ3v) is 6.39. The van der Waals surface area contributed by atoms with Crippen molar-refractivity contribution in [1.29, 1.82) is 0 Å². The second-order valence-corrected chi connectivity index (χ2v) is 9.35. The molecule has 0 aromatic heterocycles. The van der Waals surface area contributed by atoms with Gasteiger partial charge >= 0.3 is 0 Å². The quantitative estimate of drug-likeness (QED) is 0.500. The molecular weight excluding hydrogens is 480 g/mol. The summed E-state index contributed by atoms with van der Waals surface area (Å²) >= 11 is 9.51. The van der Waals surface area contributed by atoms with Crippen molar-refractivity contribution in [2.45, 2.75) is 47.2 Å². The van der Waals surface area contributed by atoms with Gasteiger partial charge in [-0.3, -0.25) is 9.59 Å². The first-order chi connectivity index (χ1) is 14.6. The smallest absolute Gasteiger partial charge is 0.261 e. The lowest BCUT2D eigenvalue weighted by molar-refractivity contribution is -0.142. The van der Waals surface area contributed by atoms with Gasteiger partial charge in [0.2, 0.25) is 5.91 Å². The molecule has 7 heteroatoms. The van der Waals surface area contributed by atoms with Gasteiger partial charge in [-0.2, -0.15) is 0 Å². The molecule has 0 aliphatic carbocycles. The molecule has 0 aliphatic rings. The number of amides is 2. The van der Waals surface area contributed by atoms with E-state index in [1.807, 2.05) is 52.0 Å². The number of ether oxygens (including phenoxy) is 1. The monoisotopic (exact) mass is 508 g/mol. The Hall–Kier alpha value is -2.05. The van der Waals surface area contributed by atoms with E-state index in [-0.39, 0.29) is 25.0 Å². The van der Waals surface area contributed by atoms with E-state index in [0.29, 0.717) is 23.2 Å². The Morgan fingerprint density at radius 1 is 1.10 bits per heavy atom. The van der Waals surface area contributed by atoms with Gasteiger partial charge in [-0.25, -0.2) is 0 Å². The molecule has 0 fully saturated rings. The zero-order valence-electron chi connectivity index (χ0n) is 18.7. The molecule has 1 N–H and O–H groups in total. The molecule has 1 atom stereocenters. The van der Waals surface area contributed by atoms with Crippen LogP contribution in [0, 0.1) is 19.8 Å². The number of hydrogen-bond donors (Lipinski definition) is 1. The molecule has 1 unspecified atom stereocenters. The normalized spacial score (nSPS) is 11.9. The van der Waals surface area contributed by atoms with Gasteiger partial charge in [0.05, 0.1) is 0 Å². The van der Waals surface area contributed by atoms with Gasteiger partial charge in [0.15, 0.2) is 6.61 Å². The van der Waals surface area contributed by atoms with Crippen LogP contribution in [0.15, 0.2) is 40.9 Å². The van der Waals surface area contributed by atoms with Crippen molar-refractivity contribution in [2.75, 3.05) is 13.2 Å². The molecule has 5 nitrogen and oxygen atoms in total. The lowest BCUT2D eigenvalue weighted by atomic mass is 10.1. The van der Waals surface area contributed by atoms with E-state index in [4.69, 9.17) is 16.3 Å². The van der Waals surface area contributed by atoms with Gasteiger partial charge in [-0.05, 0) is 67.6 Å². The van der Waals surface area contributed by atoms with Gasteiger partial charge in [0.1, 0.15) is 11.8 Å². The maximum absolute atomic E-state index is 13.1. The number of nitrogens with one attached hydrogen (secondary N) is 1. The van der Waals surface area contributed by atoms with Crippen LogP contribution < -0.4 is 10.1 Å². The van der Waals surface area contributed by atoms with E-state index in [0.717, 1.165) is 21.2 Å². The summed E-state index contributed by atoms with van der Waals surface area (Å²) in [6, 6.07) is 10.4.